The van der Waals surface area contributed by atoms with Gasteiger partial charge in [0.2, 0.25) is 11.0 Å². The number of carbonyl (C=O) groups is 2. The van der Waals surface area contributed by atoms with Gasteiger partial charge in [-0.1, -0.05) is 29.2 Å². The van der Waals surface area contributed by atoms with Crippen molar-refractivity contribution < 1.29 is 14.3 Å². The summed E-state index contributed by atoms with van der Waals surface area (Å²) in [6.07, 6.45) is 0. The smallest absolute Gasteiger partial charge is 0.321 e. The standard InChI is InChI=1S/C17H23N5O3S2/c1-10(13(23)19-14(24)20-17(2,3)4)26-16-22-21-15(27-16)18-11-7-6-8-12(9-11)25-5/h6-10H,1-5H3,(H,18,21)(H2,19,20,23,24). The van der Waals surface area contributed by atoms with Crippen molar-refractivity contribution in [2.24, 2.45) is 0 Å². The summed E-state index contributed by atoms with van der Waals surface area (Å²) in [6, 6.07) is 6.94. The third-order valence-electron chi connectivity index (χ3n) is 3.10. The van der Waals surface area contributed by atoms with E-state index in [4.69, 9.17) is 4.74 Å². The Bertz CT molecular complexity index is 804. The highest BCUT2D eigenvalue weighted by atomic mass is 32.2. The number of nitrogens with one attached hydrogen (secondary N) is 3. The molecule has 10 heteroatoms. The minimum Gasteiger partial charge on any atom is -0.497 e. The molecule has 2 aromatic rings. The first kappa shape index (κ1) is 21.0. The molecule has 146 valence electrons. The van der Waals surface area contributed by atoms with Crippen LogP contribution in [0.4, 0.5) is 15.6 Å². The Morgan fingerprint density at radius 1 is 1.26 bits per heavy atom. The van der Waals surface area contributed by atoms with E-state index < -0.39 is 16.8 Å². The second-order valence-electron chi connectivity index (χ2n) is 6.68. The summed E-state index contributed by atoms with van der Waals surface area (Å²) < 4.78 is 5.81. The molecule has 8 nitrogen and oxygen atoms in total. The van der Waals surface area contributed by atoms with Gasteiger partial charge in [-0.3, -0.25) is 10.1 Å². The fourth-order valence-electron chi connectivity index (χ4n) is 1.92. The third-order valence-corrected chi connectivity index (χ3v) is 5.12. The molecule has 0 radical (unpaired) electrons. The van der Waals surface area contributed by atoms with Crippen LogP contribution in [0.2, 0.25) is 0 Å². The van der Waals surface area contributed by atoms with Gasteiger partial charge in [0, 0.05) is 17.3 Å². The van der Waals surface area contributed by atoms with Gasteiger partial charge in [-0.2, -0.15) is 0 Å². The second kappa shape index (κ2) is 9.05. The quantitative estimate of drug-likeness (QED) is 0.628. The number of carbonyl (C=O) groups excluding carboxylic acids is 2. The van der Waals surface area contributed by atoms with Crippen LogP contribution < -0.4 is 20.7 Å². The predicted octanol–water partition coefficient (Wildman–Crippen LogP) is 3.40. The Morgan fingerprint density at radius 3 is 2.67 bits per heavy atom. The Balaban J connectivity index is 1.90. The van der Waals surface area contributed by atoms with Crippen molar-refractivity contribution >= 4 is 45.9 Å². The van der Waals surface area contributed by atoms with E-state index in [1.165, 1.54) is 23.1 Å². The summed E-state index contributed by atoms with van der Waals surface area (Å²) in [6.45, 7) is 7.23. The second-order valence-corrected chi connectivity index (χ2v) is 9.25. The maximum Gasteiger partial charge on any atom is 0.321 e. The number of aromatic nitrogens is 2. The highest BCUT2D eigenvalue weighted by Gasteiger charge is 2.21. The number of imide groups is 1. The Morgan fingerprint density at radius 2 is 2.00 bits per heavy atom. The van der Waals surface area contributed by atoms with E-state index in [0.29, 0.717) is 9.47 Å². The summed E-state index contributed by atoms with van der Waals surface area (Å²) in [5, 5.41) is 16.4. The zero-order chi connectivity index (χ0) is 20.0. The number of amides is 3. The lowest BCUT2D eigenvalue weighted by atomic mass is 10.1. The number of urea groups is 1. The summed E-state index contributed by atoms with van der Waals surface area (Å²) in [4.78, 5) is 23.9. The number of benzene rings is 1. The minimum atomic E-state index is -0.516. The summed E-state index contributed by atoms with van der Waals surface area (Å²) in [5.74, 6) is 0.345. The van der Waals surface area contributed by atoms with Crippen LogP contribution in [0.5, 0.6) is 5.75 Å². The minimum absolute atomic E-state index is 0.390. The van der Waals surface area contributed by atoms with Gasteiger partial charge in [0.25, 0.3) is 0 Å². The molecule has 1 unspecified atom stereocenters. The molecular weight excluding hydrogens is 386 g/mol. The van der Waals surface area contributed by atoms with E-state index in [-0.39, 0.29) is 5.91 Å². The molecule has 3 N–H and O–H groups in total. The predicted molar refractivity (Wildman–Crippen MR) is 108 cm³/mol. The molecule has 1 heterocycles. The van der Waals surface area contributed by atoms with Crippen molar-refractivity contribution in [3.8, 4) is 5.75 Å². The molecule has 0 bridgehead atoms. The van der Waals surface area contributed by atoms with E-state index >= 15 is 0 Å². The van der Waals surface area contributed by atoms with E-state index in [0.717, 1.165) is 11.4 Å². The molecule has 0 spiro atoms. The monoisotopic (exact) mass is 409 g/mol. The first-order valence-electron chi connectivity index (χ1n) is 8.20. The van der Waals surface area contributed by atoms with Crippen LogP contribution in [-0.4, -0.2) is 40.0 Å². The normalized spacial score (nSPS) is 12.2. The molecule has 1 aromatic carbocycles. The molecule has 1 atom stereocenters. The van der Waals surface area contributed by atoms with Gasteiger partial charge in [-0.25, -0.2) is 4.79 Å². The fraction of sp³-hybridized carbons (Fsp3) is 0.412. The number of methoxy groups -OCH3 is 1. The summed E-state index contributed by atoms with van der Waals surface area (Å²) in [7, 11) is 1.60. The highest BCUT2D eigenvalue weighted by Crippen LogP contribution is 2.31. The van der Waals surface area contributed by atoms with Crippen LogP contribution in [0, 0.1) is 0 Å². The lowest BCUT2D eigenvalue weighted by Gasteiger charge is -2.20. The number of hydrogen-bond acceptors (Lipinski definition) is 8. The van der Waals surface area contributed by atoms with E-state index in [1.807, 2.05) is 45.0 Å². The molecule has 0 aliphatic carbocycles. The van der Waals surface area contributed by atoms with Crippen molar-refractivity contribution in [3.05, 3.63) is 24.3 Å². The number of ether oxygens (including phenoxy) is 1. The third kappa shape index (κ3) is 7.06. The molecule has 2 rings (SSSR count). The van der Waals surface area contributed by atoms with Gasteiger partial charge in [0.1, 0.15) is 5.75 Å². The van der Waals surface area contributed by atoms with Crippen molar-refractivity contribution in [1.29, 1.82) is 0 Å². The van der Waals surface area contributed by atoms with Crippen LogP contribution in [-0.2, 0) is 4.79 Å². The SMILES string of the molecule is COc1cccc(Nc2nnc(SC(C)C(=O)NC(=O)NC(C)(C)C)s2)c1. The maximum absolute atomic E-state index is 12.1. The number of hydrogen-bond donors (Lipinski definition) is 3. The summed E-state index contributed by atoms with van der Waals surface area (Å²) in [5.41, 5.74) is 0.410. The van der Waals surface area contributed by atoms with Crippen molar-refractivity contribution in [3.63, 3.8) is 0 Å². The van der Waals surface area contributed by atoms with Crippen LogP contribution in [0.15, 0.2) is 28.6 Å². The topological polar surface area (TPSA) is 105 Å². The number of nitrogens with zero attached hydrogens (tertiary/aromatic N) is 2. The van der Waals surface area contributed by atoms with Gasteiger partial charge >= 0.3 is 6.03 Å². The highest BCUT2D eigenvalue weighted by molar-refractivity contribution is 8.02. The molecule has 0 fully saturated rings. The Hall–Kier alpha value is -2.33. The van der Waals surface area contributed by atoms with Gasteiger partial charge in [0.05, 0.1) is 12.4 Å². The van der Waals surface area contributed by atoms with Crippen molar-refractivity contribution in [1.82, 2.24) is 20.8 Å². The van der Waals surface area contributed by atoms with Gasteiger partial charge in [-0.05, 0) is 39.8 Å². The van der Waals surface area contributed by atoms with Crippen LogP contribution >= 0.6 is 23.1 Å². The Labute approximate surface area is 166 Å². The van der Waals surface area contributed by atoms with Crippen molar-refractivity contribution in [2.45, 2.75) is 42.8 Å². The number of thioether (sulfide) groups is 1. The average Bonchev–Trinajstić information content (AvgIpc) is 3.00. The molecule has 0 saturated heterocycles. The molecular formula is C17H23N5O3S2. The molecule has 0 saturated carbocycles. The van der Waals surface area contributed by atoms with Gasteiger partial charge in [-0.15, -0.1) is 10.2 Å². The van der Waals surface area contributed by atoms with E-state index in [2.05, 4.69) is 26.1 Å². The molecule has 27 heavy (non-hydrogen) atoms. The van der Waals surface area contributed by atoms with Crippen LogP contribution in [0.1, 0.15) is 27.7 Å². The summed E-state index contributed by atoms with van der Waals surface area (Å²) >= 11 is 2.56. The first-order chi connectivity index (χ1) is 12.7. The molecule has 0 aliphatic rings. The lowest BCUT2D eigenvalue weighted by Crippen LogP contribution is -2.49. The largest absolute Gasteiger partial charge is 0.497 e. The van der Waals surface area contributed by atoms with Crippen LogP contribution in [0.3, 0.4) is 0 Å². The van der Waals surface area contributed by atoms with Gasteiger partial charge in [0.15, 0.2) is 4.34 Å². The molecule has 1 aromatic heterocycles. The average molecular weight is 410 g/mol. The maximum atomic E-state index is 12.1. The Kier molecular flexibility index (Phi) is 7.03. The zero-order valence-electron chi connectivity index (χ0n) is 15.8. The number of rotatable bonds is 6. The van der Waals surface area contributed by atoms with E-state index in [9.17, 15) is 9.59 Å². The van der Waals surface area contributed by atoms with Crippen LogP contribution in [0.25, 0.3) is 0 Å². The lowest BCUT2D eigenvalue weighted by molar-refractivity contribution is -0.119. The van der Waals surface area contributed by atoms with E-state index in [1.54, 1.807) is 14.0 Å². The van der Waals surface area contributed by atoms with Crippen molar-refractivity contribution in [2.75, 3.05) is 12.4 Å². The zero-order valence-corrected chi connectivity index (χ0v) is 17.5. The fourth-order valence-corrected chi connectivity index (χ4v) is 3.84. The first-order valence-corrected chi connectivity index (χ1v) is 9.90. The molecule has 0 aliphatic heterocycles. The molecule has 3 amide bonds. The number of anilines is 2. The van der Waals surface area contributed by atoms with Gasteiger partial charge < -0.3 is 15.4 Å².